The molecule has 0 aromatic carbocycles. The van der Waals surface area contributed by atoms with Crippen LogP contribution >= 0.6 is 0 Å². The summed E-state index contributed by atoms with van der Waals surface area (Å²) in [7, 11) is 0. The third-order valence-electron chi connectivity index (χ3n) is 2.39. The average molecular weight is 209 g/mol. The number of aromatic amines is 1. The molecule has 0 bridgehead atoms. The van der Waals surface area contributed by atoms with Crippen molar-refractivity contribution < 1.29 is 4.79 Å². The average Bonchev–Trinajstić information content (AvgIpc) is 2.47. The number of rotatable bonds is 6. The van der Waals surface area contributed by atoms with Gasteiger partial charge in [-0.3, -0.25) is 4.79 Å². The number of nitrogens with one attached hydrogen (secondary N) is 1. The fourth-order valence-corrected chi connectivity index (χ4v) is 1.56. The van der Waals surface area contributed by atoms with Gasteiger partial charge in [0.2, 0.25) is 5.91 Å². The van der Waals surface area contributed by atoms with Crippen LogP contribution in [0.3, 0.4) is 0 Å². The summed E-state index contributed by atoms with van der Waals surface area (Å²) < 4.78 is 0. The van der Waals surface area contributed by atoms with Gasteiger partial charge in [-0.1, -0.05) is 19.8 Å². The van der Waals surface area contributed by atoms with Crippen molar-refractivity contribution in [2.75, 3.05) is 0 Å². The van der Waals surface area contributed by atoms with Gasteiger partial charge >= 0.3 is 0 Å². The molecule has 0 atom stereocenters. The third kappa shape index (κ3) is 3.73. The van der Waals surface area contributed by atoms with Crippen molar-refractivity contribution in [1.29, 1.82) is 0 Å². The molecule has 1 amide bonds. The highest BCUT2D eigenvalue weighted by Gasteiger charge is 2.08. The molecule has 0 aliphatic rings. The van der Waals surface area contributed by atoms with Crippen LogP contribution in [-0.4, -0.2) is 15.9 Å². The van der Waals surface area contributed by atoms with Crippen LogP contribution in [0.2, 0.25) is 0 Å². The van der Waals surface area contributed by atoms with Gasteiger partial charge in [-0.2, -0.15) is 0 Å². The Kier molecular flexibility index (Phi) is 4.34. The van der Waals surface area contributed by atoms with Gasteiger partial charge in [-0.25, -0.2) is 4.98 Å². The summed E-state index contributed by atoms with van der Waals surface area (Å²) in [5.74, 6) is 0.641. The van der Waals surface area contributed by atoms with Gasteiger partial charge < -0.3 is 10.7 Å². The molecule has 4 heteroatoms. The Labute approximate surface area is 90.3 Å². The fourth-order valence-electron chi connectivity index (χ4n) is 1.56. The topological polar surface area (TPSA) is 71.8 Å². The number of H-pyrrole nitrogens is 1. The summed E-state index contributed by atoms with van der Waals surface area (Å²) in [6, 6.07) is 0. The second-order valence-electron chi connectivity index (χ2n) is 3.86. The molecular formula is C11H19N3O. The Morgan fingerprint density at radius 1 is 1.47 bits per heavy atom. The summed E-state index contributed by atoms with van der Waals surface area (Å²) in [6.45, 7) is 4.10. The minimum atomic E-state index is -0.329. The maximum absolute atomic E-state index is 10.8. The van der Waals surface area contributed by atoms with Crippen LogP contribution in [0.4, 0.5) is 0 Å². The lowest BCUT2D eigenvalue weighted by molar-refractivity contribution is -0.117. The molecule has 4 nitrogen and oxygen atoms in total. The van der Waals surface area contributed by atoms with E-state index >= 15 is 0 Å². The molecule has 0 aliphatic carbocycles. The van der Waals surface area contributed by atoms with E-state index in [1.807, 2.05) is 6.92 Å². The predicted octanol–water partition coefficient (Wildman–Crippen LogP) is 1.48. The van der Waals surface area contributed by atoms with Crippen LogP contribution in [0, 0.1) is 6.92 Å². The number of nitrogens with zero attached hydrogens (tertiary/aromatic N) is 1. The lowest BCUT2D eigenvalue weighted by atomic mass is 10.2. The minimum Gasteiger partial charge on any atom is -0.369 e. The number of carbonyl (C=O) groups excluding carboxylic acids is 1. The van der Waals surface area contributed by atoms with Crippen LogP contribution < -0.4 is 5.73 Å². The Bertz CT molecular complexity index is 331. The molecular weight excluding hydrogens is 190 g/mol. The molecule has 1 aromatic heterocycles. The molecule has 0 saturated heterocycles. The van der Waals surface area contributed by atoms with E-state index in [-0.39, 0.29) is 12.3 Å². The Hall–Kier alpha value is -1.32. The number of aryl methyl sites for hydroxylation is 2. The molecule has 0 saturated carbocycles. The van der Waals surface area contributed by atoms with Gasteiger partial charge in [0, 0.05) is 12.1 Å². The number of aromatic nitrogens is 2. The zero-order chi connectivity index (χ0) is 11.3. The van der Waals surface area contributed by atoms with Gasteiger partial charge in [0.25, 0.3) is 0 Å². The summed E-state index contributed by atoms with van der Waals surface area (Å²) >= 11 is 0. The molecule has 0 fully saturated rings. The van der Waals surface area contributed by atoms with E-state index in [0.717, 1.165) is 30.1 Å². The maximum atomic E-state index is 10.8. The highest BCUT2D eigenvalue weighted by molar-refractivity contribution is 5.76. The number of hydrogen-bond acceptors (Lipinski definition) is 2. The molecule has 84 valence electrons. The first-order valence-corrected chi connectivity index (χ1v) is 5.46. The van der Waals surface area contributed by atoms with E-state index in [1.54, 1.807) is 0 Å². The van der Waals surface area contributed by atoms with Crippen molar-refractivity contribution in [2.24, 2.45) is 5.73 Å². The number of imidazole rings is 1. The number of amides is 1. The monoisotopic (exact) mass is 209 g/mol. The Morgan fingerprint density at radius 2 is 2.20 bits per heavy atom. The minimum absolute atomic E-state index is 0.232. The van der Waals surface area contributed by atoms with Gasteiger partial charge in [0.1, 0.15) is 5.82 Å². The Morgan fingerprint density at radius 3 is 2.80 bits per heavy atom. The molecule has 0 unspecified atom stereocenters. The van der Waals surface area contributed by atoms with Crippen molar-refractivity contribution in [2.45, 2.75) is 46.0 Å². The second kappa shape index (κ2) is 5.53. The number of carbonyl (C=O) groups is 1. The largest absolute Gasteiger partial charge is 0.369 e. The van der Waals surface area contributed by atoms with Crippen LogP contribution in [0.5, 0.6) is 0 Å². The normalized spacial score (nSPS) is 10.5. The number of hydrogen-bond donors (Lipinski definition) is 2. The van der Waals surface area contributed by atoms with E-state index in [9.17, 15) is 4.79 Å². The summed E-state index contributed by atoms with van der Waals surface area (Å²) in [6.07, 6.45) is 4.74. The van der Waals surface area contributed by atoms with Gasteiger partial charge in [0.05, 0.1) is 12.1 Å². The summed E-state index contributed by atoms with van der Waals surface area (Å²) in [5.41, 5.74) is 6.88. The highest BCUT2D eigenvalue weighted by Crippen LogP contribution is 2.08. The van der Waals surface area contributed by atoms with Crippen molar-refractivity contribution in [3.05, 3.63) is 17.2 Å². The zero-order valence-electron chi connectivity index (χ0n) is 9.47. The van der Waals surface area contributed by atoms with Gasteiger partial charge in [0.15, 0.2) is 0 Å². The van der Waals surface area contributed by atoms with Crippen molar-refractivity contribution in [3.63, 3.8) is 0 Å². The standard InChI is InChI=1S/C11H19N3O/c1-3-4-5-6-11-13-8(2)9(14-11)7-10(12)15/h3-7H2,1-2H3,(H2,12,15)(H,13,14). The number of unbranched alkanes of at least 4 members (excludes halogenated alkanes) is 2. The number of primary amides is 1. The van der Waals surface area contributed by atoms with E-state index in [0.29, 0.717) is 0 Å². The SMILES string of the molecule is CCCCCc1nc(CC(N)=O)c(C)[nH]1. The number of nitrogens with two attached hydrogens (primary N) is 1. The third-order valence-corrected chi connectivity index (χ3v) is 2.39. The highest BCUT2D eigenvalue weighted by atomic mass is 16.1. The molecule has 0 aliphatic heterocycles. The molecule has 0 spiro atoms. The lowest BCUT2D eigenvalue weighted by Crippen LogP contribution is -2.14. The smallest absolute Gasteiger partial charge is 0.223 e. The van der Waals surface area contributed by atoms with E-state index in [4.69, 9.17) is 5.73 Å². The summed E-state index contributed by atoms with van der Waals surface area (Å²) in [5, 5.41) is 0. The van der Waals surface area contributed by atoms with Crippen LogP contribution in [0.25, 0.3) is 0 Å². The molecule has 1 rings (SSSR count). The van der Waals surface area contributed by atoms with Crippen molar-refractivity contribution in [3.8, 4) is 0 Å². The van der Waals surface area contributed by atoms with E-state index in [1.165, 1.54) is 12.8 Å². The molecule has 0 radical (unpaired) electrons. The predicted molar refractivity (Wildman–Crippen MR) is 59.5 cm³/mol. The summed E-state index contributed by atoms with van der Waals surface area (Å²) in [4.78, 5) is 18.3. The first kappa shape index (κ1) is 11.8. The fraction of sp³-hybridized carbons (Fsp3) is 0.636. The van der Waals surface area contributed by atoms with Gasteiger partial charge in [-0.05, 0) is 13.3 Å². The molecule has 1 aromatic rings. The van der Waals surface area contributed by atoms with Crippen LogP contribution in [-0.2, 0) is 17.6 Å². The maximum Gasteiger partial charge on any atom is 0.223 e. The second-order valence-corrected chi connectivity index (χ2v) is 3.86. The lowest BCUT2D eigenvalue weighted by Gasteiger charge is -1.94. The Balaban J connectivity index is 2.56. The van der Waals surface area contributed by atoms with Gasteiger partial charge in [-0.15, -0.1) is 0 Å². The quantitative estimate of drug-likeness (QED) is 0.696. The molecule has 3 N–H and O–H groups in total. The first-order valence-electron chi connectivity index (χ1n) is 5.46. The zero-order valence-corrected chi connectivity index (χ0v) is 9.47. The van der Waals surface area contributed by atoms with Crippen LogP contribution in [0.1, 0.15) is 43.4 Å². The van der Waals surface area contributed by atoms with E-state index in [2.05, 4.69) is 16.9 Å². The van der Waals surface area contributed by atoms with Crippen molar-refractivity contribution in [1.82, 2.24) is 9.97 Å². The molecule has 15 heavy (non-hydrogen) atoms. The van der Waals surface area contributed by atoms with E-state index < -0.39 is 0 Å². The first-order chi connectivity index (χ1) is 7.13. The van der Waals surface area contributed by atoms with Crippen LogP contribution in [0.15, 0.2) is 0 Å². The molecule has 1 heterocycles. The van der Waals surface area contributed by atoms with Crippen molar-refractivity contribution >= 4 is 5.91 Å².